The van der Waals surface area contributed by atoms with Gasteiger partial charge in [-0.3, -0.25) is 14.5 Å². The fourth-order valence-corrected chi connectivity index (χ4v) is 3.44. The first kappa shape index (κ1) is 17.3. The molecule has 0 N–H and O–H groups in total. The highest BCUT2D eigenvalue weighted by Gasteiger charge is 2.29. The summed E-state index contributed by atoms with van der Waals surface area (Å²) in [6.45, 7) is 3.77. The fraction of sp³-hybridized carbons (Fsp3) is 0.444. The summed E-state index contributed by atoms with van der Waals surface area (Å²) in [7, 11) is 1.97. The number of hydrogen-bond acceptors (Lipinski definition) is 6. The number of amides is 1. The summed E-state index contributed by atoms with van der Waals surface area (Å²) >= 11 is 0. The van der Waals surface area contributed by atoms with Crippen molar-refractivity contribution in [1.82, 2.24) is 39.4 Å². The lowest BCUT2D eigenvalue weighted by molar-refractivity contribution is 0.0697. The minimum Gasteiger partial charge on any atom is -0.337 e. The van der Waals surface area contributed by atoms with Crippen LogP contribution in [0.15, 0.2) is 30.9 Å². The normalized spacial score (nSPS) is 17.3. The zero-order chi connectivity index (χ0) is 18.8. The third-order valence-electron chi connectivity index (χ3n) is 4.94. The van der Waals surface area contributed by atoms with E-state index in [9.17, 15) is 4.79 Å². The van der Waals surface area contributed by atoms with Crippen LogP contribution in [0.1, 0.15) is 46.6 Å². The van der Waals surface area contributed by atoms with Crippen molar-refractivity contribution in [2.45, 2.75) is 32.2 Å². The Bertz CT molecular complexity index is 916. The molecule has 1 atom stereocenters. The molecule has 1 amide bonds. The summed E-state index contributed by atoms with van der Waals surface area (Å²) in [5.41, 5.74) is 1.19. The highest BCUT2D eigenvalue weighted by molar-refractivity contribution is 5.92. The van der Waals surface area contributed by atoms with Crippen molar-refractivity contribution in [3.8, 4) is 0 Å². The molecule has 3 aromatic heterocycles. The van der Waals surface area contributed by atoms with Crippen molar-refractivity contribution in [3.05, 3.63) is 53.9 Å². The fourth-order valence-electron chi connectivity index (χ4n) is 3.44. The molecule has 27 heavy (non-hydrogen) atoms. The molecular weight excluding hydrogens is 344 g/mol. The molecule has 1 unspecified atom stereocenters. The van der Waals surface area contributed by atoms with Crippen molar-refractivity contribution in [3.63, 3.8) is 0 Å². The molecule has 4 heterocycles. The maximum absolute atomic E-state index is 12.8. The largest absolute Gasteiger partial charge is 0.337 e. The number of piperidine rings is 1. The molecule has 1 aliphatic rings. The summed E-state index contributed by atoms with van der Waals surface area (Å²) < 4.78 is 3.84. The lowest BCUT2D eigenvalue weighted by Gasteiger charge is -2.32. The maximum Gasteiger partial charge on any atom is 0.274 e. The van der Waals surface area contributed by atoms with Crippen LogP contribution in [0.25, 0.3) is 0 Å². The van der Waals surface area contributed by atoms with Gasteiger partial charge in [-0.1, -0.05) is 0 Å². The van der Waals surface area contributed by atoms with Crippen LogP contribution in [-0.2, 0) is 13.6 Å². The monoisotopic (exact) mass is 366 g/mol. The van der Waals surface area contributed by atoms with E-state index < -0.39 is 0 Å². The van der Waals surface area contributed by atoms with E-state index in [0.29, 0.717) is 18.8 Å². The van der Waals surface area contributed by atoms with E-state index in [4.69, 9.17) is 0 Å². The lowest BCUT2D eigenvalue weighted by Crippen LogP contribution is -2.40. The molecule has 1 aliphatic heterocycles. The molecule has 0 saturated carbocycles. The van der Waals surface area contributed by atoms with E-state index >= 15 is 0 Å². The van der Waals surface area contributed by atoms with Gasteiger partial charge in [0.25, 0.3) is 5.91 Å². The minimum absolute atomic E-state index is 0.0777. The summed E-state index contributed by atoms with van der Waals surface area (Å²) in [6, 6.07) is 1.88. The number of likely N-dealkylation sites (tertiary alicyclic amines) is 1. The number of carbonyl (C=O) groups is 1. The number of carbonyl (C=O) groups excluding carboxylic acids is 1. The molecular formula is C18H22N8O. The van der Waals surface area contributed by atoms with E-state index in [2.05, 4.69) is 25.3 Å². The summed E-state index contributed by atoms with van der Waals surface area (Å²) in [4.78, 5) is 23.0. The smallest absolute Gasteiger partial charge is 0.274 e. The topological polar surface area (TPSA) is 94.6 Å². The molecule has 9 nitrogen and oxygen atoms in total. The van der Waals surface area contributed by atoms with Gasteiger partial charge in [-0.2, -0.15) is 5.10 Å². The number of aromatic nitrogens is 7. The van der Waals surface area contributed by atoms with Crippen LogP contribution >= 0.6 is 0 Å². The first-order valence-electron chi connectivity index (χ1n) is 9.05. The Morgan fingerprint density at radius 1 is 1.26 bits per heavy atom. The van der Waals surface area contributed by atoms with Gasteiger partial charge in [0.15, 0.2) is 5.82 Å². The first-order chi connectivity index (χ1) is 13.1. The molecule has 4 rings (SSSR count). The zero-order valence-corrected chi connectivity index (χ0v) is 15.5. The quantitative estimate of drug-likeness (QED) is 0.688. The van der Waals surface area contributed by atoms with Crippen LogP contribution < -0.4 is 0 Å². The van der Waals surface area contributed by atoms with E-state index in [1.165, 1.54) is 0 Å². The Balaban J connectivity index is 1.49. The molecule has 140 valence electrons. The van der Waals surface area contributed by atoms with Gasteiger partial charge in [0.1, 0.15) is 18.1 Å². The van der Waals surface area contributed by atoms with Crippen molar-refractivity contribution in [1.29, 1.82) is 0 Å². The summed E-state index contributed by atoms with van der Waals surface area (Å²) in [5.74, 6) is 1.84. The van der Waals surface area contributed by atoms with E-state index in [1.54, 1.807) is 18.6 Å². The SMILES string of the molecule is Cc1cnc(C(=O)N2CCCC(c3nnc(Cn4cccn4)n3C)C2)cn1. The standard InChI is InChI=1S/C18H22N8O/c1-13-9-20-15(10-19-13)18(27)25-7-3-5-14(11-25)17-23-22-16(24(17)2)12-26-8-4-6-21-26/h4,6,8-10,14H,3,5,7,11-12H2,1-2H3. The summed E-state index contributed by atoms with van der Waals surface area (Å²) in [6.07, 6.45) is 8.73. The number of rotatable bonds is 4. The van der Waals surface area contributed by atoms with Crippen LogP contribution in [0.4, 0.5) is 0 Å². The van der Waals surface area contributed by atoms with E-state index in [-0.39, 0.29) is 11.8 Å². The first-order valence-corrected chi connectivity index (χ1v) is 9.05. The lowest BCUT2D eigenvalue weighted by atomic mass is 9.97. The van der Waals surface area contributed by atoms with Crippen molar-refractivity contribution >= 4 is 5.91 Å². The van der Waals surface area contributed by atoms with Crippen molar-refractivity contribution in [2.24, 2.45) is 7.05 Å². The van der Waals surface area contributed by atoms with Crippen molar-refractivity contribution in [2.75, 3.05) is 13.1 Å². The van der Waals surface area contributed by atoms with Crippen molar-refractivity contribution < 1.29 is 4.79 Å². The van der Waals surface area contributed by atoms with Gasteiger partial charge in [0.05, 0.1) is 11.9 Å². The predicted octanol–water partition coefficient (Wildman–Crippen LogP) is 1.18. The number of aryl methyl sites for hydroxylation is 1. The van der Waals surface area contributed by atoms with Gasteiger partial charge in [-0.15, -0.1) is 10.2 Å². The van der Waals surface area contributed by atoms with E-state index in [0.717, 1.165) is 36.7 Å². The Labute approximate surface area is 157 Å². The van der Waals surface area contributed by atoms with Gasteiger partial charge < -0.3 is 9.47 Å². The summed E-state index contributed by atoms with van der Waals surface area (Å²) in [5, 5.41) is 13.0. The van der Waals surface area contributed by atoms with Gasteiger partial charge in [-0.25, -0.2) is 4.98 Å². The molecule has 1 saturated heterocycles. The molecule has 1 fully saturated rings. The Kier molecular flexibility index (Phi) is 4.66. The predicted molar refractivity (Wildman–Crippen MR) is 97.0 cm³/mol. The second-order valence-electron chi connectivity index (χ2n) is 6.87. The highest BCUT2D eigenvalue weighted by Crippen LogP contribution is 2.26. The maximum atomic E-state index is 12.8. The second kappa shape index (κ2) is 7.26. The van der Waals surface area contributed by atoms with Gasteiger partial charge in [0.2, 0.25) is 0 Å². The molecule has 0 bridgehead atoms. The van der Waals surface area contributed by atoms with E-state index in [1.807, 2.05) is 40.4 Å². The molecule has 0 spiro atoms. The van der Waals surface area contributed by atoms with Crippen LogP contribution in [0, 0.1) is 6.92 Å². The van der Waals surface area contributed by atoms with Gasteiger partial charge >= 0.3 is 0 Å². The third kappa shape index (κ3) is 3.57. The van der Waals surface area contributed by atoms with Gasteiger partial charge in [-0.05, 0) is 25.8 Å². The average molecular weight is 366 g/mol. The number of nitrogens with zero attached hydrogens (tertiary/aromatic N) is 8. The molecule has 9 heteroatoms. The Morgan fingerprint density at radius 3 is 2.89 bits per heavy atom. The van der Waals surface area contributed by atoms with Crippen LogP contribution in [0.3, 0.4) is 0 Å². The van der Waals surface area contributed by atoms with Crippen LogP contribution in [-0.4, -0.2) is 58.4 Å². The minimum atomic E-state index is -0.0777. The molecule has 0 radical (unpaired) electrons. The second-order valence-corrected chi connectivity index (χ2v) is 6.87. The number of hydrogen-bond donors (Lipinski definition) is 0. The van der Waals surface area contributed by atoms with Gasteiger partial charge in [0, 0.05) is 44.6 Å². The highest BCUT2D eigenvalue weighted by atomic mass is 16.2. The van der Waals surface area contributed by atoms with Crippen LogP contribution in [0.5, 0.6) is 0 Å². The zero-order valence-electron chi connectivity index (χ0n) is 15.5. The third-order valence-corrected chi connectivity index (χ3v) is 4.94. The Hall–Kier alpha value is -3.10. The molecule has 0 aromatic carbocycles. The average Bonchev–Trinajstić information content (AvgIpc) is 3.33. The molecule has 0 aliphatic carbocycles. The Morgan fingerprint density at radius 2 is 2.15 bits per heavy atom. The van der Waals surface area contributed by atoms with Crippen LogP contribution in [0.2, 0.25) is 0 Å². The molecule has 3 aromatic rings.